The Kier molecular flexibility index (Phi) is 5.31. The Bertz CT molecular complexity index is 1650. The molecule has 2 bridgehead atoms. The molecule has 7 heteroatoms. The maximum Gasteiger partial charge on any atom is 0.239 e. The maximum absolute atomic E-state index is 14.4. The van der Waals surface area contributed by atoms with Crippen molar-refractivity contribution in [2.75, 3.05) is 4.90 Å². The lowest BCUT2D eigenvalue weighted by Crippen LogP contribution is -2.54. The van der Waals surface area contributed by atoms with E-state index in [0.717, 1.165) is 22.3 Å². The van der Waals surface area contributed by atoms with Gasteiger partial charge in [-0.2, -0.15) is 0 Å². The van der Waals surface area contributed by atoms with Crippen molar-refractivity contribution >= 4 is 64.2 Å². The van der Waals surface area contributed by atoms with Crippen LogP contribution < -0.4 is 4.90 Å². The number of anilines is 1. The highest BCUT2D eigenvalue weighted by molar-refractivity contribution is 6.43. The molecule has 1 aliphatic heterocycles. The summed E-state index contributed by atoms with van der Waals surface area (Å²) in [6, 6.07) is 28.3. The molecular weight excluding hydrogens is 539 g/mol. The minimum absolute atomic E-state index is 0.249. The van der Waals surface area contributed by atoms with Gasteiger partial charge in [-0.3, -0.25) is 14.6 Å². The third kappa shape index (κ3) is 3.02. The molecule has 4 nitrogen and oxygen atoms in total. The summed E-state index contributed by atoms with van der Waals surface area (Å²) < 4.78 is 0. The molecule has 186 valence electrons. The highest BCUT2D eigenvalue weighted by atomic mass is 35.5. The first-order valence-electron chi connectivity index (χ1n) is 12.3. The van der Waals surface area contributed by atoms with Gasteiger partial charge in [0.1, 0.15) is 0 Å². The van der Waals surface area contributed by atoms with Crippen LogP contribution in [0.1, 0.15) is 28.2 Å². The van der Waals surface area contributed by atoms with Crippen LogP contribution in [0.15, 0.2) is 96.0 Å². The van der Waals surface area contributed by atoms with Gasteiger partial charge >= 0.3 is 0 Å². The number of nitrogens with zero attached hydrogens (tertiary/aromatic N) is 2. The Morgan fingerprint density at radius 1 is 0.711 bits per heavy atom. The molecule has 1 heterocycles. The number of imide groups is 1. The molecule has 2 atom stereocenters. The number of carbonyl (C=O) groups is 2. The number of amides is 2. The molecule has 0 saturated carbocycles. The topological polar surface area (TPSA) is 49.7 Å². The normalized spacial score (nSPS) is 25.0. The Hall–Kier alpha value is -3.44. The van der Waals surface area contributed by atoms with Gasteiger partial charge in [-0.25, -0.2) is 4.90 Å². The first kappa shape index (κ1) is 23.7. The number of benzene rings is 4. The van der Waals surface area contributed by atoms with Crippen molar-refractivity contribution in [3.8, 4) is 0 Å². The largest absolute Gasteiger partial charge is 0.274 e. The summed E-state index contributed by atoms with van der Waals surface area (Å²) in [4.78, 5) is 34.7. The SMILES string of the molecule is O=C1[C@@H]2C3c4ccccc4C(C=Nc4cccc(Cl)c4Cl)(c4ccccc43)[C@@H]2C(=O)N1c1ccccc1Cl. The zero-order chi connectivity index (χ0) is 26.2. The molecule has 2 amide bonds. The smallest absolute Gasteiger partial charge is 0.239 e. The predicted molar refractivity (Wildman–Crippen MR) is 151 cm³/mol. The Labute approximate surface area is 234 Å². The number of halogens is 3. The lowest BCUT2D eigenvalue weighted by atomic mass is 9.47. The van der Waals surface area contributed by atoms with Gasteiger partial charge in [0.05, 0.1) is 43.7 Å². The van der Waals surface area contributed by atoms with Crippen LogP contribution in [0.2, 0.25) is 15.1 Å². The zero-order valence-electron chi connectivity index (χ0n) is 19.8. The minimum atomic E-state index is -0.999. The highest BCUT2D eigenvalue weighted by Gasteiger charge is 2.68. The van der Waals surface area contributed by atoms with E-state index in [1.54, 1.807) is 48.7 Å². The molecule has 8 rings (SSSR count). The minimum Gasteiger partial charge on any atom is -0.274 e. The average molecular weight is 558 g/mol. The van der Waals surface area contributed by atoms with Gasteiger partial charge in [-0.05, 0) is 46.5 Å². The molecule has 1 saturated heterocycles. The molecule has 0 spiro atoms. The van der Waals surface area contributed by atoms with E-state index in [1.807, 2.05) is 36.4 Å². The van der Waals surface area contributed by atoms with Gasteiger partial charge in [0, 0.05) is 12.1 Å². The van der Waals surface area contributed by atoms with Gasteiger partial charge in [0.2, 0.25) is 11.8 Å². The second kappa shape index (κ2) is 8.54. The first-order valence-corrected chi connectivity index (χ1v) is 13.4. The lowest BCUT2D eigenvalue weighted by Gasteiger charge is -2.52. The molecule has 4 aliphatic rings. The highest BCUT2D eigenvalue weighted by Crippen LogP contribution is 2.64. The third-order valence-electron chi connectivity index (χ3n) is 8.12. The second-order valence-electron chi connectivity index (χ2n) is 9.82. The summed E-state index contributed by atoms with van der Waals surface area (Å²) in [5.41, 5.74) is 3.88. The summed E-state index contributed by atoms with van der Waals surface area (Å²) in [7, 11) is 0. The number of rotatable bonds is 3. The molecule has 0 unspecified atom stereocenters. The van der Waals surface area contributed by atoms with Gasteiger partial charge in [0.25, 0.3) is 0 Å². The number of carbonyl (C=O) groups excluding carboxylic acids is 2. The monoisotopic (exact) mass is 556 g/mol. The summed E-state index contributed by atoms with van der Waals surface area (Å²) in [6.07, 6.45) is 1.80. The van der Waals surface area contributed by atoms with E-state index in [0.29, 0.717) is 26.4 Å². The number of hydrogen-bond acceptors (Lipinski definition) is 3. The lowest BCUT2D eigenvalue weighted by molar-refractivity contribution is -0.122. The molecule has 0 radical (unpaired) electrons. The molecule has 4 aromatic rings. The fourth-order valence-electron chi connectivity index (χ4n) is 6.68. The van der Waals surface area contributed by atoms with Crippen LogP contribution in [-0.4, -0.2) is 18.0 Å². The second-order valence-corrected chi connectivity index (χ2v) is 11.0. The summed E-state index contributed by atoms with van der Waals surface area (Å²) in [6.45, 7) is 0. The van der Waals surface area contributed by atoms with Crippen molar-refractivity contribution in [1.82, 2.24) is 0 Å². The van der Waals surface area contributed by atoms with Crippen molar-refractivity contribution in [2.24, 2.45) is 16.8 Å². The van der Waals surface area contributed by atoms with Crippen LogP contribution >= 0.6 is 34.8 Å². The van der Waals surface area contributed by atoms with Crippen molar-refractivity contribution < 1.29 is 9.59 Å². The van der Waals surface area contributed by atoms with Crippen LogP contribution in [0.5, 0.6) is 0 Å². The van der Waals surface area contributed by atoms with Crippen molar-refractivity contribution in [3.63, 3.8) is 0 Å². The van der Waals surface area contributed by atoms with E-state index >= 15 is 0 Å². The Morgan fingerprint density at radius 3 is 2.00 bits per heavy atom. The number of aliphatic imine (C=N–C) groups is 1. The van der Waals surface area contributed by atoms with Crippen LogP contribution in [-0.2, 0) is 15.0 Å². The maximum atomic E-state index is 14.4. The molecule has 1 fully saturated rings. The molecule has 38 heavy (non-hydrogen) atoms. The third-order valence-corrected chi connectivity index (χ3v) is 9.24. The van der Waals surface area contributed by atoms with E-state index < -0.39 is 17.3 Å². The van der Waals surface area contributed by atoms with Gasteiger partial charge in [0.15, 0.2) is 0 Å². The van der Waals surface area contributed by atoms with Gasteiger partial charge < -0.3 is 0 Å². The molecular formula is C31H19Cl3N2O2. The van der Waals surface area contributed by atoms with E-state index in [4.69, 9.17) is 39.8 Å². The van der Waals surface area contributed by atoms with Crippen molar-refractivity contribution in [3.05, 3.63) is 128 Å². The summed E-state index contributed by atoms with van der Waals surface area (Å²) >= 11 is 19.3. The molecule has 0 aromatic heterocycles. The standard InChI is InChI=1S/C31H19Cl3N2O2/c32-21-12-5-6-15-24(21)36-29(37)26-25-17-8-1-3-10-19(17)31(27(26)30(36)38,20-11-4-2-9-18(20)25)16-35-23-14-7-13-22(33)28(23)34/h1-16,25-27H/t25?,26-,27+,31?/m1/s1. The van der Waals surface area contributed by atoms with E-state index in [1.165, 1.54) is 4.90 Å². The fraction of sp³-hybridized carbons (Fsp3) is 0.129. The molecule has 4 aromatic carbocycles. The predicted octanol–water partition coefficient (Wildman–Crippen LogP) is 7.60. The van der Waals surface area contributed by atoms with Crippen LogP contribution in [0.25, 0.3) is 0 Å². The van der Waals surface area contributed by atoms with Crippen molar-refractivity contribution in [2.45, 2.75) is 11.3 Å². The van der Waals surface area contributed by atoms with Crippen LogP contribution in [0, 0.1) is 11.8 Å². The average Bonchev–Trinajstić information content (AvgIpc) is 3.20. The van der Waals surface area contributed by atoms with Gasteiger partial charge in [-0.1, -0.05) is 102 Å². The summed E-state index contributed by atoms with van der Waals surface area (Å²) in [5.74, 6) is -2.11. The van der Waals surface area contributed by atoms with Crippen LogP contribution in [0.4, 0.5) is 11.4 Å². The van der Waals surface area contributed by atoms with E-state index in [-0.39, 0.29) is 17.7 Å². The van der Waals surface area contributed by atoms with E-state index in [9.17, 15) is 9.59 Å². The quantitative estimate of drug-likeness (QED) is 0.192. The first-order chi connectivity index (χ1) is 18.4. The number of hydrogen-bond donors (Lipinski definition) is 0. The zero-order valence-corrected chi connectivity index (χ0v) is 22.1. The number of para-hydroxylation sites is 1. The van der Waals surface area contributed by atoms with Crippen molar-refractivity contribution in [1.29, 1.82) is 0 Å². The Morgan fingerprint density at radius 2 is 1.32 bits per heavy atom. The van der Waals surface area contributed by atoms with Crippen LogP contribution in [0.3, 0.4) is 0 Å². The van der Waals surface area contributed by atoms with Gasteiger partial charge in [-0.15, -0.1) is 0 Å². The van der Waals surface area contributed by atoms with E-state index in [2.05, 4.69) is 12.1 Å². The summed E-state index contributed by atoms with van der Waals surface area (Å²) in [5, 5.41) is 1.07. The fourth-order valence-corrected chi connectivity index (χ4v) is 7.25. The molecule has 3 aliphatic carbocycles. The Balaban J connectivity index is 1.53. The molecule has 0 N–H and O–H groups in total.